The van der Waals surface area contributed by atoms with Crippen LogP contribution in [0.2, 0.25) is 0 Å². The predicted octanol–water partition coefficient (Wildman–Crippen LogP) is 12.9. The van der Waals surface area contributed by atoms with Gasteiger partial charge in [0.2, 0.25) is 0 Å². The Hall–Kier alpha value is -2.29. The topological polar surface area (TPSA) is 134 Å². The maximum absolute atomic E-state index is 12.6. The number of rotatable bonds is 41. The highest BCUT2D eigenvalue weighted by Gasteiger charge is 2.26. The summed E-state index contributed by atoms with van der Waals surface area (Å²) in [5.41, 5.74) is 5.35. The number of ether oxygens (including phenoxy) is 2. The molecule has 0 aliphatic heterocycles. The van der Waals surface area contributed by atoms with Gasteiger partial charge in [0, 0.05) is 19.4 Å². The summed E-state index contributed by atoms with van der Waals surface area (Å²) in [4.78, 5) is 34.9. The fraction of sp³-hybridized carbons (Fsp3) is 0.739. The number of hydrogen-bond donors (Lipinski definition) is 2. The lowest BCUT2D eigenvalue weighted by Gasteiger charge is -2.19. The van der Waals surface area contributed by atoms with Crippen LogP contribution in [0.4, 0.5) is 0 Å². The molecule has 10 heteroatoms. The molecular weight excluding hydrogens is 725 g/mol. The van der Waals surface area contributed by atoms with Crippen LogP contribution in [-0.2, 0) is 32.7 Å². The zero-order chi connectivity index (χ0) is 41.1. The molecular formula is C46H82NO8P. The average Bonchev–Trinajstić information content (AvgIpc) is 3.18. The van der Waals surface area contributed by atoms with Crippen molar-refractivity contribution < 1.29 is 37.6 Å². The third kappa shape index (κ3) is 41.3. The number of esters is 2. The Morgan fingerprint density at radius 2 is 0.946 bits per heavy atom. The van der Waals surface area contributed by atoms with Crippen LogP contribution >= 0.6 is 7.82 Å². The molecule has 0 aromatic rings. The Bertz CT molecular complexity index is 1100. The van der Waals surface area contributed by atoms with Crippen LogP contribution in [0.1, 0.15) is 187 Å². The zero-order valence-electron chi connectivity index (χ0n) is 35.6. The summed E-state index contributed by atoms with van der Waals surface area (Å²) in [5.74, 6) is -0.863. The van der Waals surface area contributed by atoms with Crippen molar-refractivity contribution in [3.63, 3.8) is 0 Å². The number of phosphoric ester groups is 1. The summed E-state index contributed by atoms with van der Waals surface area (Å²) in [5, 5.41) is 0. The minimum atomic E-state index is -4.39. The van der Waals surface area contributed by atoms with Crippen molar-refractivity contribution in [3.05, 3.63) is 60.8 Å². The van der Waals surface area contributed by atoms with E-state index in [9.17, 15) is 19.0 Å². The fourth-order valence-corrected chi connectivity index (χ4v) is 6.54. The van der Waals surface area contributed by atoms with Crippen LogP contribution in [0.25, 0.3) is 0 Å². The highest BCUT2D eigenvalue weighted by atomic mass is 31.2. The molecule has 9 nitrogen and oxygen atoms in total. The van der Waals surface area contributed by atoms with E-state index in [1.807, 2.05) is 0 Å². The van der Waals surface area contributed by atoms with Crippen molar-refractivity contribution >= 4 is 19.8 Å². The van der Waals surface area contributed by atoms with Gasteiger partial charge in [0.1, 0.15) is 6.61 Å². The van der Waals surface area contributed by atoms with Gasteiger partial charge in [-0.05, 0) is 77.0 Å². The quantitative estimate of drug-likeness (QED) is 0.0268. The average molecular weight is 808 g/mol. The number of phosphoric acid groups is 1. The van der Waals surface area contributed by atoms with Crippen molar-refractivity contribution in [2.45, 2.75) is 193 Å². The van der Waals surface area contributed by atoms with Gasteiger partial charge in [-0.15, -0.1) is 0 Å². The molecule has 0 bridgehead atoms. The molecule has 0 aliphatic rings. The maximum Gasteiger partial charge on any atom is 0.472 e. The van der Waals surface area contributed by atoms with Gasteiger partial charge in [0.05, 0.1) is 13.2 Å². The van der Waals surface area contributed by atoms with Crippen LogP contribution < -0.4 is 5.73 Å². The Morgan fingerprint density at radius 1 is 0.536 bits per heavy atom. The van der Waals surface area contributed by atoms with Gasteiger partial charge in [-0.25, -0.2) is 4.57 Å². The molecule has 2 unspecified atom stereocenters. The number of hydrogen-bond acceptors (Lipinski definition) is 8. The van der Waals surface area contributed by atoms with Gasteiger partial charge in [-0.1, -0.05) is 158 Å². The van der Waals surface area contributed by atoms with E-state index in [1.165, 1.54) is 51.4 Å². The number of unbranched alkanes of at least 4 members (excludes halogenated alkanes) is 18. The van der Waals surface area contributed by atoms with E-state index >= 15 is 0 Å². The number of nitrogens with two attached hydrogens (primary N) is 1. The second-order valence-electron chi connectivity index (χ2n) is 14.6. The maximum atomic E-state index is 12.6. The molecule has 0 aromatic heterocycles. The smallest absolute Gasteiger partial charge is 0.462 e. The first-order valence-corrected chi connectivity index (χ1v) is 23.8. The van der Waals surface area contributed by atoms with E-state index in [2.05, 4.69) is 74.6 Å². The largest absolute Gasteiger partial charge is 0.472 e. The van der Waals surface area contributed by atoms with Gasteiger partial charge < -0.3 is 20.1 Å². The van der Waals surface area contributed by atoms with E-state index in [0.29, 0.717) is 12.8 Å². The van der Waals surface area contributed by atoms with E-state index in [4.69, 9.17) is 24.3 Å². The highest BCUT2D eigenvalue weighted by molar-refractivity contribution is 7.47. The van der Waals surface area contributed by atoms with Crippen molar-refractivity contribution in [1.82, 2.24) is 0 Å². The van der Waals surface area contributed by atoms with Gasteiger partial charge in [0.25, 0.3) is 0 Å². The van der Waals surface area contributed by atoms with Crippen LogP contribution in [-0.4, -0.2) is 49.3 Å². The lowest BCUT2D eigenvalue weighted by atomic mass is 10.1. The Kier molecular flexibility index (Phi) is 40.6. The minimum absolute atomic E-state index is 0.0464. The molecule has 2 atom stereocenters. The zero-order valence-corrected chi connectivity index (χ0v) is 36.5. The minimum Gasteiger partial charge on any atom is -0.462 e. The first-order valence-electron chi connectivity index (χ1n) is 22.3. The fourth-order valence-electron chi connectivity index (χ4n) is 5.77. The van der Waals surface area contributed by atoms with Crippen molar-refractivity contribution in [3.8, 4) is 0 Å². The Labute approximate surface area is 342 Å². The molecule has 0 aliphatic carbocycles. The second kappa shape index (κ2) is 42.3. The predicted molar refractivity (Wildman–Crippen MR) is 233 cm³/mol. The van der Waals surface area contributed by atoms with Gasteiger partial charge in [-0.3, -0.25) is 18.6 Å². The molecule has 0 rings (SSSR count). The molecule has 0 saturated carbocycles. The lowest BCUT2D eigenvalue weighted by Crippen LogP contribution is -2.29. The van der Waals surface area contributed by atoms with Gasteiger partial charge in [-0.2, -0.15) is 0 Å². The Balaban J connectivity index is 4.19. The van der Waals surface area contributed by atoms with Gasteiger partial charge in [0.15, 0.2) is 6.10 Å². The summed E-state index contributed by atoms with van der Waals surface area (Å²) in [6.45, 7) is 3.64. The van der Waals surface area contributed by atoms with Crippen LogP contribution in [0.3, 0.4) is 0 Å². The summed E-state index contributed by atoms with van der Waals surface area (Å²) in [6.07, 6.45) is 49.6. The highest BCUT2D eigenvalue weighted by Crippen LogP contribution is 2.43. The summed E-state index contributed by atoms with van der Waals surface area (Å²) >= 11 is 0. The molecule has 3 N–H and O–H groups in total. The molecule has 0 saturated heterocycles. The van der Waals surface area contributed by atoms with E-state index in [0.717, 1.165) is 96.3 Å². The van der Waals surface area contributed by atoms with Gasteiger partial charge >= 0.3 is 19.8 Å². The first kappa shape index (κ1) is 53.7. The van der Waals surface area contributed by atoms with E-state index in [-0.39, 0.29) is 32.6 Å². The van der Waals surface area contributed by atoms with Crippen LogP contribution in [0, 0.1) is 0 Å². The molecule has 0 fully saturated rings. The SMILES string of the molecule is CCCC/C=C\C/C=C\CCCCCCCC(=O)OCC(COP(=O)(O)OCCN)OC(=O)CCCCCCCC/C=C\C/C=C\C/C=C\CCCCCCC. The van der Waals surface area contributed by atoms with Crippen molar-refractivity contribution in [1.29, 1.82) is 0 Å². The second-order valence-corrected chi connectivity index (χ2v) is 16.0. The summed E-state index contributed by atoms with van der Waals surface area (Å²) in [7, 11) is -4.39. The standard InChI is InChI=1S/C46H82NO8P/c1-3-5-7-9-11-13-15-17-19-20-21-22-23-24-25-27-29-31-33-35-37-39-46(49)55-44(43-54-56(50,51)53-41-40-47)42-52-45(48)38-36-34-32-30-28-26-18-16-14-12-10-8-6-4-2/h10,12,15-18,20-21,23-24,44H,3-9,11,13-14,19,22,25-43,47H2,1-2H3,(H,50,51)/b12-10-,17-15-,18-16-,21-20-,24-23-. The lowest BCUT2D eigenvalue weighted by molar-refractivity contribution is -0.161. The molecule has 0 aromatic carbocycles. The van der Waals surface area contributed by atoms with Crippen LogP contribution in [0.15, 0.2) is 60.8 Å². The number of allylic oxidation sites excluding steroid dienone is 10. The normalized spacial score (nSPS) is 13.9. The van der Waals surface area contributed by atoms with Crippen molar-refractivity contribution in [2.75, 3.05) is 26.4 Å². The van der Waals surface area contributed by atoms with E-state index in [1.54, 1.807) is 0 Å². The molecule has 0 heterocycles. The molecule has 0 spiro atoms. The number of carbonyl (C=O) groups is 2. The molecule has 324 valence electrons. The molecule has 0 radical (unpaired) electrons. The van der Waals surface area contributed by atoms with E-state index < -0.39 is 32.5 Å². The monoisotopic (exact) mass is 808 g/mol. The third-order valence-electron chi connectivity index (χ3n) is 9.13. The summed E-state index contributed by atoms with van der Waals surface area (Å²) < 4.78 is 32.8. The first-order chi connectivity index (χ1) is 27.3. The summed E-state index contributed by atoms with van der Waals surface area (Å²) in [6, 6.07) is 0. The molecule has 56 heavy (non-hydrogen) atoms. The Morgan fingerprint density at radius 3 is 1.43 bits per heavy atom. The molecule has 0 amide bonds. The number of carbonyl (C=O) groups excluding carboxylic acids is 2. The van der Waals surface area contributed by atoms with Crippen molar-refractivity contribution in [2.24, 2.45) is 5.73 Å². The third-order valence-corrected chi connectivity index (χ3v) is 10.1. The van der Waals surface area contributed by atoms with Crippen LogP contribution in [0.5, 0.6) is 0 Å².